The van der Waals surface area contributed by atoms with Crippen LogP contribution >= 0.6 is 0 Å². The van der Waals surface area contributed by atoms with Crippen LogP contribution < -0.4 is 5.56 Å². The molecule has 3 aromatic rings. The largest absolute Gasteiger partial charge is 0.469 e. The highest BCUT2D eigenvalue weighted by Gasteiger charge is 2.30. The number of aromatic nitrogens is 4. The van der Waals surface area contributed by atoms with Gasteiger partial charge in [0.2, 0.25) is 0 Å². The molecule has 0 amide bonds. The Hall–Kier alpha value is -3.17. The van der Waals surface area contributed by atoms with Gasteiger partial charge in [0.25, 0.3) is 5.56 Å². The molecule has 0 aliphatic carbocycles. The van der Waals surface area contributed by atoms with Crippen LogP contribution in [0.3, 0.4) is 0 Å². The van der Waals surface area contributed by atoms with E-state index >= 15 is 0 Å². The summed E-state index contributed by atoms with van der Waals surface area (Å²) >= 11 is 0. The minimum atomic E-state index is -4.49. The number of halogens is 3. The number of carbonyl (C=O) groups is 1. The number of hydrogen-bond donors (Lipinski definition) is 0. The summed E-state index contributed by atoms with van der Waals surface area (Å²) in [5.41, 5.74) is -0.901. The zero-order valence-electron chi connectivity index (χ0n) is 14.2. The number of rotatable bonds is 5. The van der Waals surface area contributed by atoms with Crippen molar-refractivity contribution >= 4 is 17.0 Å². The summed E-state index contributed by atoms with van der Waals surface area (Å²) in [5.74, 6) is -0.380. The Morgan fingerprint density at radius 1 is 1.30 bits per heavy atom. The Bertz CT molecular complexity index is 1040. The number of esters is 1. The van der Waals surface area contributed by atoms with E-state index in [0.29, 0.717) is 6.42 Å². The van der Waals surface area contributed by atoms with Crippen molar-refractivity contribution in [3.05, 3.63) is 52.7 Å². The molecule has 10 heteroatoms. The van der Waals surface area contributed by atoms with Crippen molar-refractivity contribution in [3.8, 4) is 5.69 Å². The van der Waals surface area contributed by atoms with E-state index in [-0.39, 0.29) is 41.2 Å². The zero-order valence-corrected chi connectivity index (χ0v) is 14.2. The first-order chi connectivity index (χ1) is 12.8. The van der Waals surface area contributed by atoms with E-state index < -0.39 is 11.7 Å². The molecule has 3 rings (SSSR count). The van der Waals surface area contributed by atoms with E-state index in [0.717, 1.165) is 12.1 Å². The molecule has 0 saturated carbocycles. The highest BCUT2D eigenvalue weighted by atomic mass is 19.4. The maximum absolute atomic E-state index is 12.9. The lowest BCUT2D eigenvalue weighted by Gasteiger charge is -2.09. The third-order valence-electron chi connectivity index (χ3n) is 3.98. The molecule has 2 heterocycles. The van der Waals surface area contributed by atoms with Crippen molar-refractivity contribution in [1.29, 1.82) is 0 Å². The van der Waals surface area contributed by atoms with Crippen LogP contribution in [0, 0.1) is 0 Å². The van der Waals surface area contributed by atoms with Gasteiger partial charge in [0.1, 0.15) is 5.39 Å². The lowest BCUT2D eigenvalue weighted by Crippen LogP contribution is -2.21. The molecule has 7 nitrogen and oxygen atoms in total. The Morgan fingerprint density at radius 3 is 2.78 bits per heavy atom. The Balaban J connectivity index is 1.93. The highest BCUT2D eigenvalue weighted by molar-refractivity contribution is 5.75. The molecule has 142 valence electrons. The number of alkyl halides is 3. The van der Waals surface area contributed by atoms with E-state index in [1.54, 1.807) is 0 Å². The number of nitrogens with zero attached hydrogens (tertiary/aromatic N) is 4. The van der Waals surface area contributed by atoms with Crippen LogP contribution in [0.4, 0.5) is 13.2 Å². The second-order valence-electron chi connectivity index (χ2n) is 5.76. The number of fused-ring (bicyclic) bond motifs is 1. The molecule has 0 radical (unpaired) electrons. The van der Waals surface area contributed by atoms with E-state index in [9.17, 15) is 22.8 Å². The van der Waals surface area contributed by atoms with Crippen molar-refractivity contribution in [2.45, 2.75) is 25.6 Å². The van der Waals surface area contributed by atoms with Crippen molar-refractivity contribution in [1.82, 2.24) is 19.3 Å². The maximum Gasteiger partial charge on any atom is 0.416 e. The Morgan fingerprint density at radius 2 is 2.07 bits per heavy atom. The molecular weight excluding hydrogens is 365 g/mol. The van der Waals surface area contributed by atoms with Crippen molar-refractivity contribution in [2.24, 2.45) is 0 Å². The molecule has 2 aromatic heterocycles. The number of hydrogen-bond acceptors (Lipinski definition) is 5. The van der Waals surface area contributed by atoms with Crippen LogP contribution in [-0.2, 0) is 22.3 Å². The molecule has 0 aliphatic rings. The predicted octanol–water partition coefficient (Wildman–Crippen LogP) is 2.55. The topological polar surface area (TPSA) is 79.0 Å². The first kappa shape index (κ1) is 18.6. The number of carbonyl (C=O) groups excluding carboxylic acids is 1. The Labute approximate surface area is 151 Å². The molecule has 0 N–H and O–H groups in total. The lowest BCUT2D eigenvalue weighted by atomic mass is 10.2. The van der Waals surface area contributed by atoms with Gasteiger partial charge in [-0.2, -0.15) is 18.3 Å². The summed E-state index contributed by atoms with van der Waals surface area (Å²) in [7, 11) is 1.28. The van der Waals surface area contributed by atoms with Crippen molar-refractivity contribution < 1.29 is 22.7 Å². The Kier molecular flexibility index (Phi) is 4.98. The van der Waals surface area contributed by atoms with Crippen molar-refractivity contribution in [3.63, 3.8) is 0 Å². The van der Waals surface area contributed by atoms with Gasteiger partial charge in [-0.05, 0) is 24.6 Å². The third kappa shape index (κ3) is 3.83. The van der Waals surface area contributed by atoms with Gasteiger partial charge >= 0.3 is 12.1 Å². The quantitative estimate of drug-likeness (QED) is 0.636. The predicted molar refractivity (Wildman–Crippen MR) is 89.4 cm³/mol. The number of ether oxygens (including phenoxy) is 1. The monoisotopic (exact) mass is 380 g/mol. The first-order valence-corrected chi connectivity index (χ1v) is 7.99. The summed E-state index contributed by atoms with van der Waals surface area (Å²) in [6.07, 6.45) is -1.39. The van der Waals surface area contributed by atoms with Gasteiger partial charge in [-0.15, -0.1) is 0 Å². The zero-order chi connectivity index (χ0) is 19.6. The standard InChI is InChI=1S/C17H15F3N4O3/c1-27-14(25)6-3-7-23-10-21-15-13(16(23)26)9-22-24(15)12-5-2-4-11(8-12)17(18,19)20/h2,4-5,8-10H,3,6-7H2,1H3. The fourth-order valence-corrected chi connectivity index (χ4v) is 2.61. The summed E-state index contributed by atoms with van der Waals surface area (Å²) < 4.78 is 45.8. The van der Waals surface area contributed by atoms with Crippen LogP contribution in [0.5, 0.6) is 0 Å². The third-order valence-corrected chi connectivity index (χ3v) is 3.98. The van der Waals surface area contributed by atoms with Gasteiger partial charge < -0.3 is 4.74 Å². The molecular formula is C17H15F3N4O3. The summed E-state index contributed by atoms with van der Waals surface area (Å²) in [5, 5.41) is 4.19. The van der Waals surface area contributed by atoms with Gasteiger partial charge in [-0.1, -0.05) is 6.07 Å². The fraction of sp³-hybridized carbons (Fsp3) is 0.294. The van der Waals surface area contributed by atoms with E-state index in [1.807, 2.05) is 0 Å². The second kappa shape index (κ2) is 7.22. The number of methoxy groups -OCH3 is 1. The van der Waals surface area contributed by atoms with Gasteiger partial charge in [0, 0.05) is 13.0 Å². The molecule has 0 atom stereocenters. The molecule has 0 spiro atoms. The van der Waals surface area contributed by atoms with Gasteiger partial charge in [0.05, 0.1) is 30.9 Å². The van der Waals surface area contributed by atoms with E-state index in [2.05, 4.69) is 14.8 Å². The van der Waals surface area contributed by atoms with E-state index in [1.165, 1.54) is 41.0 Å². The minimum Gasteiger partial charge on any atom is -0.469 e. The molecule has 0 bridgehead atoms. The molecule has 0 aliphatic heterocycles. The average molecular weight is 380 g/mol. The summed E-state index contributed by atoms with van der Waals surface area (Å²) in [6, 6.07) is 4.61. The second-order valence-corrected chi connectivity index (χ2v) is 5.76. The number of aryl methyl sites for hydroxylation is 1. The minimum absolute atomic E-state index is 0.148. The normalized spacial score (nSPS) is 11.7. The van der Waals surface area contributed by atoms with Crippen LogP contribution in [0.25, 0.3) is 16.7 Å². The van der Waals surface area contributed by atoms with E-state index in [4.69, 9.17) is 0 Å². The molecule has 27 heavy (non-hydrogen) atoms. The van der Waals surface area contributed by atoms with Crippen LogP contribution in [0.15, 0.2) is 41.6 Å². The van der Waals surface area contributed by atoms with Crippen LogP contribution in [0.2, 0.25) is 0 Å². The van der Waals surface area contributed by atoms with Crippen molar-refractivity contribution in [2.75, 3.05) is 7.11 Å². The highest BCUT2D eigenvalue weighted by Crippen LogP contribution is 2.30. The van der Waals surface area contributed by atoms with Crippen LogP contribution in [-0.4, -0.2) is 32.4 Å². The summed E-state index contributed by atoms with van der Waals surface area (Å²) in [6.45, 7) is 0.256. The fourth-order valence-electron chi connectivity index (χ4n) is 2.61. The molecule has 0 unspecified atom stereocenters. The van der Waals surface area contributed by atoms with Gasteiger partial charge in [-0.3, -0.25) is 14.2 Å². The average Bonchev–Trinajstić information content (AvgIpc) is 3.07. The smallest absolute Gasteiger partial charge is 0.416 e. The molecule has 1 aromatic carbocycles. The lowest BCUT2D eigenvalue weighted by molar-refractivity contribution is -0.141. The maximum atomic E-state index is 12.9. The SMILES string of the molecule is COC(=O)CCCn1cnc2c(cnn2-c2cccc(C(F)(F)F)c2)c1=O. The van der Waals surface area contributed by atoms with Gasteiger partial charge in [-0.25, -0.2) is 9.67 Å². The molecule has 0 saturated heterocycles. The van der Waals surface area contributed by atoms with Crippen LogP contribution in [0.1, 0.15) is 18.4 Å². The number of benzene rings is 1. The first-order valence-electron chi connectivity index (χ1n) is 7.99. The summed E-state index contributed by atoms with van der Waals surface area (Å²) in [4.78, 5) is 27.8. The molecule has 0 fully saturated rings. The van der Waals surface area contributed by atoms with Gasteiger partial charge in [0.15, 0.2) is 5.65 Å².